The lowest BCUT2D eigenvalue weighted by atomic mass is 9.71. The molecule has 0 aromatic heterocycles. The first kappa shape index (κ1) is 23.0. The van der Waals surface area contributed by atoms with E-state index in [4.69, 9.17) is 9.47 Å². The highest BCUT2D eigenvalue weighted by molar-refractivity contribution is 5.85. The molecule has 2 aliphatic heterocycles. The van der Waals surface area contributed by atoms with Gasteiger partial charge >= 0.3 is 5.97 Å². The fraction of sp³-hybridized carbons (Fsp3) is 0.640. The Bertz CT molecular complexity index is 783. The Hall–Kier alpha value is -1.69. The molecule has 1 aliphatic carbocycles. The number of carbonyl (C=O) groups excluding carboxylic acids is 1. The van der Waals surface area contributed by atoms with E-state index in [0.29, 0.717) is 17.4 Å². The van der Waals surface area contributed by atoms with Gasteiger partial charge in [-0.2, -0.15) is 0 Å². The van der Waals surface area contributed by atoms with E-state index in [1.807, 2.05) is 6.08 Å². The number of carbonyl (C=O) groups is 1. The van der Waals surface area contributed by atoms with Crippen LogP contribution in [-0.4, -0.2) is 34.9 Å². The maximum atomic E-state index is 11.3. The van der Waals surface area contributed by atoms with Crippen LogP contribution >= 0.6 is 0 Å². The first-order valence-electron chi connectivity index (χ1n) is 11.1. The standard InChI is InChI=1S/C25H36O5/c1-16(10-12-20-17(2)8-6-14-25(20,3)4)7-5-9-18-11-13-21(29-23(18)27)19-15-22(26)30-24(19)28/h7,11,15,21,23-24,27-28H,5-6,8-10,12-14H2,1-4H3/b16-7-/t21-,23-,24-/m0/s1. The third kappa shape index (κ3) is 5.51. The van der Waals surface area contributed by atoms with Crippen molar-refractivity contribution >= 4 is 5.97 Å². The molecule has 0 unspecified atom stereocenters. The van der Waals surface area contributed by atoms with Gasteiger partial charge in [-0.3, -0.25) is 0 Å². The van der Waals surface area contributed by atoms with Gasteiger partial charge in [-0.15, -0.1) is 0 Å². The van der Waals surface area contributed by atoms with Gasteiger partial charge < -0.3 is 19.7 Å². The van der Waals surface area contributed by atoms with E-state index in [2.05, 4.69) is 33.8 Å². The van der Waals surface area contributed by atoms with Crippen LogP contribution < -0.4 is 0 Å². The molecule has 3 rings (SSSR count). The van der Waals surface area contributed by atoms with Crippen molar-refractivity contribution in [2.75, 3.05) is 0 Å². The van der Waals surface area contributed by atoms with E-state index in [-0.39, 0.29) is 0 Å². The predicted octanol–water partition coefficient (Wildman–Crippen LogP) is 4.86. The molecule has 0 aromatic rings. The Labute approximate surface area is 180 Å². The van der Waals surface area contributed by atoms with Gasteiger partial charge in [-0.05, 0) is 76.2 Å². The zero-order chi connectivity index (χ0) is 21.9. The van der Waals surface area contributed by atoms with Crippen LogP contribution in [0.15, 0.2) is 46.1 Å². The molecule has 0 radical (unpaired) electrons. The van der Waals surface area contributed by atoms with Crippen molar-refractivity contribution in [3.8, 4) is 0 Å². The molecule has 0 aromatic carbocycles. The molecule has 0 spiro atoms. The smallest absolute Gasteiger partial charge is 0.333 e. The topological polar surface area (TPSA) is 76.0 Å². The molecule has 3 atom stereocenters. The van der Waals surface area contributed by atoms with Gasteiger partial charge in [-0.1, -0.05) is 42.7 Å². The van der Waals surface area contributed by atoms with Crippen LogP contribution in [0, 0.1) is 5.41 Å². The number of hydrogen-bond acceptors (Lipinski definition) is 5. The number of ether oxygens (including phenoxy) is 2. The number of rotatable bonds is 7. The van der Waals surface area contributed by atoms with Crippen LogP contribution in [0.4, 0.5) is 0 Å². The van der Waals surface area contributed by atoms with Crippen LogP contribution in [-0.2, 0) is 14.3 Å². The van der Waals surface area contributed by atoms with E-state index in [0.717, 1.165) is 31.3 Å². The third-order valence-corrected chi connectivity index (χ3v) is 6.75. The Morgan fingerprint density at radius 1 is 1.27 bits per heavy atom. The van der Waals surface area contributed by atoms with Crippen LogP contribution in [0.1, 0.15) is 79.1 Å². The lowest BCUT2D eigenvalue weighted by molar-refractivity contribution is -0.155. The highest BCUT2D eigenvalue weighted by Gasteiger charge is 2.34. The molecule has 0 bridgehead atoms. The summed E-state index contributed by atoms with van der Waals surface area (Å²) in [5.41, 5.74) is 6.15. The van der Waals surface area contributed by atoms with Crippen LogP contribution in [0.25, 0.3) is 0 Å². The van der Waals surface area contributed by atoms with Crippen molar-refractivity contribution in [2.45, 2.75) is 97.7 Å². The molecule has 30 heavy (non-hydrogen) atoms. The third-order valence-electron chi connectivity index (χ3n) is 6.75. The van der Waals surface area contributed by atoms with Gasteiger partial charge in [0, 0.05) is 11.6 Å². The molecule has 5 heteroatoms. The second-order valence-electron chi connectivity index (χ2n) is 9.51. The van der Waals surface area contributed by atoms with Crippen LogP contribution in [0.3, 0.4) is 0 Å². The quantitative estimate of drug-likeness (QED) is 0.458. The molecule has 2 heterocycles. The van der Waals surface area contributed by atoms with Crippen molar-refractivity contribution in [3.05, 3.63) is 46.1 Å². The summed E-state index contributed by atoms with van der Waals surface area (Å²) in [6.07, 6.45) is 10.8. The number of cyclic esters (lactones) is 1. The van der Waals surface area contributed by atoms with Gasteiger partial charge in [0.2, 0.25) is 6.29 Å². The van der Waals surface area contributed by atoms with Crippen molar-refractivity contribution in [1.82, 2.24) is 0 Å². The van der Waals surface area contributed by atoms with Gasteiger partial charge in [0.05, 0.1) is 6.10 Å². The molecule has 166 valence electrons. The van der Waals surface area contributed by atoms with Gasteiger partial charge in [-0.25, -0.2) is 4.79 Å². The summed E-state index contributed by atoms with van der Waals surface area (Å²) < 4.78 is 10.3. The highest BCUT2D eigenvalue weighted by atomic mass is 16.6. The highest BCUT2D eigenvalue weighted by Crippen LogP contribution is 2.42. The normalized spacial score (nSPS) is 29.6. The van der Waals surface area contributed by atoms with Crippen LogP contribution in [0.2, 0.25) is 0 Å². The Balaban J connectivity index is 1.49. The summed E-state index contributed by atoms with van der Waals surface area (Å²) in [5.74, 6) is -0.575. The molecule has 0 saturated carbocycles. The SMILES string of the molecule is CC1=C(CC/C(C)=C\CCC2=CC[C@@H](C3=CC(=O)O[C@@H]3O)O[C@@H]2O)C(C)(C)CCC1. The minimum Gasteiger partial charge on any atom is -0.429 e. The summed E-state index contributed by atoms with van der Waals surface area (Å²) in [6.45, 7) is 9.23. The van der Waals surface area contributed by atoms with Crippen molar-refractivity contribution in [1.29, 1.82) is 0 Å². The average molecular weight is 417 g/mol. The summed E-state index contributed by atoms with van der Waals surface area (Å²) in [4.78, 5) is 11.3. The fourth-order valence-corrected chi connectivity index (χ4v) is 4.91. The maximum Gasteiger partial charge on any atom is 0.333 e. The molecular weight excluding hydrogens is 380 g/mol. The van der Waals surface area contributed by atoms with Gasteiger partial charge in [0.15, 0.2) is 6.29 Å². The second-order valence-corrected chi connectivity index (χ2v) is 9.51. The number of esters is 1. The Morgan fingerprint density at radius 2 is 2.03 bits per heavy atom. The van der Waals surface area contributed by atoms with Crippen molar-refractivity contribution in [3.63, 3.8) is 0 Å². The fourth-order valence-electron chi connectivity index (χ4n) is 4.91. The zero-order valence-corrected chi connectivity index (χ0v) is 18.7. The molecule has 0 saturated heterocycles. The molecule has 0 amide bonds. The number of hydrogen-bond donors (Lipinski definition) is 2. The van der Waals surface area contributed by atoms with E-state index in [9.17, 15) is 15.0 Å². The first-order chi connectivity index (χ1) is 14.2. The van der Waals surface area contributed by atoms with Gasteiger partial charge in [0.1, 0.15) is 0 Å². The van der Waals surface area contributed by atoms with E-state index in [1.165, 1.54) is 30.9 Å². The lowest BCUT2D eigenvalue weighted by Crippen LogP contribution is -2.32. The monoisotopic (exact) mass is 416 g/mol. The summed E-state index contributed by atoms with van der Waals surface area (Å²) in [7, 11) is 0. The lowest BCUT2D eigenvalue weighted by Gasteiger charge is -2.35. The summed E-state index contributed by atoms with van der Waals surface area (Å²) >= 11 is 0. The van der Waals surface area contributed by atoms with E-state index in [1.54, 1.807) is 11.1 Å². The summed E-state index contributed by atoms with van der Waals surface area (Å²) in [6, 6.07) is 0. The molecule has 2 N–H and O–H groups in total. The maximum absolute atomic E-state index is 11.3. The molecule has 5 nitrogen and oxygen atoms in total. The van der Waals surface area contributed by atoms with Gasteiger partial charge in [0.25, 0.3) is 0 Å². The number of allylic oxidation sites excluding steroid dienone is 4. The summed E-state index contributed by atoms with van der Waals surface area (Å²) in [5, 5.41) is 20.1. The Morgan fingerprint density at radius 3 is 2.67 bits per heavy atom. The van der Waals surface area contributed by atoms with E-state index >= 15 is 0 Å². The second kappa shape index (κ2) is 9.63. The van der Waals surface area contributed by atoms with Crippen molar-refractivity contribution < 1.29 is 24.5 Å². The zero-order valence-electron chi connectivity index (χ0n) is 18.7. The largest absolute Gasteiger partial charge is 0.429 e. The Kier molecular flexibility index (Phi) is 7.38. The molecule has 0 fully saturated rings. The van der Waals surface area contributed by atoms with E-state index < -0.39 is 24.7 Å². The minimum atomic E-state index is -1.27. The molecule has 3 aliphatic rings. The number of aliphatic hydroxyl groups is 2. The number of aliphatic hydroxyl groups excluding tert-OH is 2. The average Bonchev–Trinajstić information content (AvgIpc) is 3.00. The van der Waals surface area contributed by atoms with Crippen molar-refractivity contribution in [2.24, 2.45) is 5.41 Å². The minimum absolute atomic E-state index is 0.325. The first-order valence-corrected chi connectivity index (χ1v) is 11.1. The molecular formula is C25H36O5. The van der Waals surface area contributed by atoms with Crippen LogP contribution in [0.5, 0.6) is 0 Å². The predicted molar refractivity (Wildman–Crippen MR) is 116 cm³/mol.